The minimum atomic E-state index is -0.596. The van der Waals surface area contributed by atoms with Crippen molar-refractivity contribution in [3.8, 4) is 5.75 Å². The number of aliphatic hydroxyl groups excluding tert-OH is 1. The summed E-state index contributed by atoms with van der Waals surface area (Å²) >= 11 is 0. The van der Waals surface area contributed by atoms with Crippen molar-refractivity contribution in [1.29, 1.82) is 0 Å². The minimum absolute atomic E-state index is 0.247. The van der Waals surface area contributed by atoms with Crippen molar-refractivity contribution in [3.05, 3.63) is 64.7 Å². The van der Waals surface area contributed by atoms with Gasteiger partial charge in [-0.05, 0) is 55.7 Å². The molecular weight excluding hydrogens is 302 g/mol. The van der Waals surface area contributed by atoms with Crippen molar-refractivity contribution in [3.63, 3.8) is 0 Å². The van der Waals surface area contributed by atoms with Gasteiger partial charge in [0.05, 0.1) is 11.8 Å². The molecule has 0 spiro atoms. The molecule has 0 aliphatic rings. The molecule has 2 aromatic rings. The van der Waals surface area contributed by atoms with Crippen LogP contribution in [-0.4, -0.2) is 30.6 Å². The van der Waals surface area contributed by atoms with Crippen molar-refractivity contribution in [2.75, 3.05) is 13.7 Å². The average Bonchev–Trinajstić information content (AvgIpc) is 2.57. The van der Waals surface area contributed by atoms with E-state index < -0.39 is 6.10 Å². The van der Waals surface area contributed by atoms with E-state index in [0.717, 1.165) is 22.6 Å². The lowest BCUT2D eigenvalue weighted by Gasteiger charge is -2.17. The van der Waals surface area contributed by atoms with Crippen LogP contribution in [0.2, 0.25) is 0 Å². The Hall–Kier alpha value is -2.33. The Morgan fingerprint density at radius 2 is 1.79 bits per heavy atom. The van der Waals surface area contributed by atoms with Gasteiger partial charge in [-0.25, -0.2) is 0 Å². The summed E-state index contributed by atoms with van der Waals surface area (Å²) in [6, 6.07) is 13.7. The Bertz CT molecular complexity index is 696. The van der Waals surface area contributed by atoms with Crippen LogP contribution in [0.1, 0.15) is 29.2 Å². The van der Waals surface area contributed by atoms with Crippen LogP contribution >= 0.6 is 0 Å². The topological polar surface area (TPSA) is 51.0 Å². The molecule has 0 aliphatic heterocycles. The van der Waals surface area contributed by atoms with Crippen molar-refractivity contribution in [2.45, 2.75) is 33.3 Å². The van der Waals surface area contributed by atoms with Gasteiger partial charge in [0.25, 0.3) is 0 Å². The lowest BCUT2D eigenvalue weighted by atomic mass is 9.94. The molecule has 0 amide bonds. The SMILES string of the molecule is CO/N=C(\C)c1cc(C)c(C)cc1CC(O)COc1ccccc1. The van der Waals surface area contributed by atoms with Crippen LogP contribution in [0, 0.1) is 13.8 Å². The van der Waals surface area contributed by atoms with Gasteiger partial charge >= 0.3 is 0 Å². The van der Waals surface area contributed by atoms with E-state index >= 15 is 0 Å². The van der Waals surface area contributed by atoms with Crippen LogP contribution in [0.25, 0.3) is 0 Å². The number of aryl methyl sites for hydroxylation is 2. The zero-order chi connectivity index (χ0) is 17.5. The van der Waals surface area contributed by atoms with Gasteiger partial charge in [0.1, 0.15) is 19.5 Å². The number of nitrogens with zero attached hydrogens (tertiary/aromatic N) is 1. The number of para-hydroxylation sites is 1. The van der Waals surface area contributed by atoms with Crippen molar-refractivity contribution in [2.24, 2.45) is 5.16 Å². The first kappa shape index (κ1) is 18.0. The summed E-state index contributed by atoms with van der Waals surface area (Å²) in [6.45, 7) is 6.29. The van der Waals surface area contributed by atoms with Gasteiger partial charge in [-0.1, -0.05) is 29.4 Å². The number of oxime groups is 1. The van der Waals surface area contributed by atoms with Gasteiger partial charge in [-0.3, -0.25) is 0 Å². The molecule has 0 fully saturated rings. The van der Waals surface area contributed by atoms with Crippen LogP contribution in [0.3, 0.4) is 0 Å². The molecule has 1 N–H and O–H groups in total. The molecule has 2 rings (SSSR count). The molecule has 2 aromatic carbocycles. The first-order valence-electron chi connectivity index (χ1n) is 8.05. The van der Waals surface area contributed by atoms with Crippen LogP contribution in [0.4, 0.5) is 0 Å². The Kier molecular flexibility index (Phi) is 6.38. The zero-order valence-corrected chi connectivity index (χ0v) is 14.7. The third kappa shape index (κ3) is 4.83. The smallest absolute Gasteiger partial charge is 0.119 e. The van der Waals surface area contributed by atoms with Gasteiger partial charge in [0.2, 0.25) is 0 Å². The second-order valence-corrected chi connectivity index (χ2v) is 5.93. The third-order valence-electron chi connectivity index (χ3n) is 3.98. The lowest BCUT2D eigenvalue weighted by Crippen LogP contribution is -2.21. The molecule has 0 saturated heterocycles. The van der Waals surface area contributed by atoms with Gasteiger partial charge in [0, 0.05) is 12.0 Å². The second-order valence-electron chi connectivity index (χ2n) is 5.93. The molecule has 0 aliphatic carbocycles. The van der Waals surface area contributed by atoms with E-state index in [2.05, 4.69) is 31.1 Å². The average molecular weight is 327 g/mol. The predicted octanol–water partition coefficient (Wildman–Crippen LogP) is 3.66. The van der Waals surface area contributed by atoms with Gasteiger partial charge in [-0.15, -0.1) is 0 Å². The number of hydrogen-bond acceptors (Lipinski definition) is 4. The molecule has 1 unspecified atom stereocenters. The van der Waals surface area contributed by atoms with Crippen LogP contribution in [0.5, 0.6) is 5.75 Å². The first-order chi connectivity index (χ1) is 11.5. The fourth-order valence-electron chi connectivity index (χ4n) is 2.59. The Morgan fingerprint density at radius 1 is 1.12 bits per heavy atom. The molecule has 4 heteroatoms. The highest BCUT2D eigenvalue weighted by Crippen LogP contribution is 2.19. The normalized spacial score (nSPS) is 12.8. The third-order valence-corrected chi connectivity index (χ3v) is 3.98. The summed E-state index contributed by atoms with van der Waals surface area (Å²) in [4.78, 5) is 4.89. The summed E-state index contributed by atoms with van der Waals surface area (Å²) in [6.07, 6.45) is -0.0961. The van der Waals surface area contributed by atoms with Crippen LogP contribution < -0.4 is 4.74 Å². The summed E-state index contributed by atoms with van der Waals surface area (Å²) in [7, 11) is 1.53. The fourth-order valence-corrected chi connectivity index (χ4v) is 2.59. The highest BCUT2D eigenvalue weighted by Gasteiger charge is 2.14. The zero-order valence-electron chi connectivity index (χ0n) is 14.7. The monoisotopic (exact) mass is 327 g/mol. The van der Waals surface area contributed by atoms with E-state index in [1.165, 1.54) is 18.2 Å². The molecule has 4 nitrogen and oxygen atoms in total. The standard InChI is InChI=1S/C20H25NO3/c1-14-10-17(20(11-15(14)2)16(3)21-23-4)12-18(22)13-24-19-8-6-5-7-9-19/h5-11,18,22H,12-13H2,1-4H3/b21-16+. The van der Waals surface area contributed by atoms with Crippen molar-refractivity contribution >= 4 is 5.71 Å². The fraction of sp³-hybridized carbons (Fsp3) is 0.350. The molecule has 128 valence electrons. The maximum atomic E-state index is 10.4. The first-order valence-corrected chi connectivity index (χ1v) is 8.05. The molecule has 24 heavy (non-hydrogen) atoms. The Balaban J connectivity index is 2.12. The molecule has 0 aromatic heterocycles. The number of hydrogen-bond donors (Lipinski definition) is 1. The largest absolute Gasteiger partial charge is 0.491 e. The molecular formula is C20H25NO3. The Morgan fingerprint density at radius 3 is 2.46 bits per heavy atom. The number of rotatable bonds is 7. The number of benzene rings is 2. The van der Waals surface area contributed by atoms with E-state index in [9.17, 15) is 5.11 Å². The minimum Gasteiger partial charge on any atom is -0.491 e. The van der Waals surface area contributed by atoms with Gasteiger partial charge in [0.15, 0.2) is 0 Å². The summed E-state index contributed by atoms with van der Waals surface area (Å²) in [5.74, 6) is 0.758. The second kappa shape index (κ2) is 8.50. The Labute approximate surface area is 143 Å². The van der Waals surface area contributed by atoms with Gasteiger partial charge in [-0.2, -0.15) is 0 Å². The van der Waals surface area contributed by atoms with E-state index in [1.807, 2.05) is 37.3 Å². The molecule has 0 heterocycles. The molecule has 0 bridgehead atoms. The van der Waals surface area contributed by atoms with E-state index in [4.69, 9.17) is 9.57 Å². The summed E-state index contributed by atoms with van der Waals surface area (Å²) < 4.78 is 5.64. The highest BCUT2D eigenvalue weighted by atomic mass is 16.6. The van der Waals surface area contributed by atoms with E-state index in [1.54, 1.807) is 0 Å². The quantitative estimate of drug-likeness (QED) is 0.624. The number of aliphatic hydroxyl groups is 1. The summed E-state index contributed by atoms with van der Waals surface area (Å²) in [5.41, 5.74) is 5.22. The van der Waals surface area contributed by atoms with E-state index in [0.29, 0.717) is 6.42 Å². The number of ether oxygens (including phenoxy) is 1. The van der Waals surface area contributed by atoms with Gasteiger partial charge < -0.3 is 14.7 Å². The molecule has 1 atom stereocenters. The van der Waals surface area contributed by atoms with Crippen LogP contribution in [0.15, 0.2) is 47.6 Å². The van der Waals surface area contributed by atoms with E-state index in [-0.39, 0.29) is 6.61 Å². The predicted molar refractivity (Wildman–Crippen MR) is 96.8 cm³/mol. The van der Waals surface area contributed by atoms with Crippen molar-refractivity contribution in [1.82, 2.24) is 0 Å². The summed E-state index contributed by atoms with van der Waals surface area (Å²) in [5, 5.41) is 14.4. The molecule has 0 saturated carbocycles. The van der Waals surface area contributed by atoms with Crippen molar-refractivity contribution < 1.29 is 14.7 Å². The maximum absolute atomic E-state index is 10.4. The molecule has 0 radical (unpaired) electrons. The highest BCUT2D eigenvalue weighted by molar-refractivity contribution is 6.00. The maximum Gasteiger partial charge on any atom is 0.119 e. The van der Waals surface area contributed by atoms with Crippen LogP contribution in [-0.2, 0) is 11.3 Å². The lowest BCUT2D eigenvalue weighted by molar-refractivity contribution is 0.107.